The zero-order valence-corrected chi connectivity index (χ0v) is 10.3. The van der Waals surface area contributed by atoms with Crippen molar-refractivity contribution in [2.45, 2.75) is 30.6 Å². The molecule has 0 aliphatic carbocycles. The normalized spacial score (nSPS) is 21.1. The van der Waals surface area contributed by atoms with Crippen LogP contribution in [0, 0.1) is 0 Å². The first kappa shape index (κ1) is 12.1. The molecule has 0 bridgehead atoms. The Morgan fingerprint density at radius 1 is 1.47 bits per heavy atom. The van der Waals surface area contributed by atoms with Crippen LogP contribution in [-0.4, -0.2) is 25.2 Å². The van der Waals surface area contributed by atoms with Gasteiger partial charge in [-0.1, -0.05) is 19.1 Å². The summed E-state index contributed by atoms with van der Waals surface area (Å²) < 4.78 is 23.5. The molecule has 17 heavy (non-hydrogen) atoms. The molecule has 0 spiro atoms. The molecule has 4 nitrogen and oxygen atoms in total. The molecule has 1 aromatic carbocycles. The van der Waals surface area contributed by atoms with Crippen LogP contribution in [-0.2, 0) is 21.1 Å². The number of sulfone groups is 1. The van der Waals surface area contributed by atoms with Crippen LogP contribution in [0.3, 0.4) is 0 Å². The standard InChI is InChI=1S/C12H14O4S/c1-8-7-17(15,16)11-4-2-9(6-10(8)11)3-5-12(13)14/h2,4,6,8H,3,5,7H2,1H3,(H,13,14). The molecule has 1 aromatic rings. The molecule has 1 unspecified atom stereocenters. The second-order valence-electron chi connectivity index (χ2n) is 4.45. The van der Waals surface area contributed by atoms with Crippen LogP contribution in [0.5, 0.6) is 0 Å². The van der Waals surface area contributed by atoms with Crippen LogP contribution in [0.1, 0.15) is 30.4 Å². The number of hydrogen-bond donors (Lipinski definition) is 1. The fourth-order valence-electron chi connectivity index (χ4n) is 2.18. The van der Waals surface area contributed by atoms with Gasteiger partial charge in [0, 0.05) is 6.42 Å². The van der Waals surface area contributed by atoms with Gasteiger partial charge in [-0.25, -0.2) is 8.42 Å². The maximum atomic E-state index is 11.7. The topological polar surface area (TPSA) is 71.4 Å². The van der Waals surface area contributed by atoms with Crippen LogP contribution in [0.4, 0.5) is 0 Å². The SMILES string of the molecule is CC1CS(=O)(=O)c2ccc(CCC(=O)O)cc21. The van der Waals surface area contributed by atoms with Crippen LogP contribution in [0.15, 0.2) is 23.1 Å². The number of carbonyl (C=O) groups is 1. The first-order valence-electron chi connectivity index (χ1n) is 5.47. The number of hydrogen-bond acceptors (Lipinski definition) is 3. The second-order valence-corrected chi connectivity index (χ2v) is 6.45. The summed E-state index contributed by atoms with van der Waals surface area (Å²) in [6.45, 7) is 1.88. The first-order chi connectivity index (χ1) is 7.90. The van der Waals surface area contributed by atoms with Gasteiger partial charge in [0.2, 0.25) is 0 Å². The lowest BCUT2D eigenvalue weighted by Crippen LogP contribution is -2.00. The molecule has 0 radical (unpaired) electrons. The van der Waals surface area contributed by atoms with Crippen molar-refractivity contribution in [2.75, 3.05) is 5.75 Å². The van der Waals surface area contributed by atoms with Gasteiger partial charge in [-0.15, -0.1) is 0 Å². The van der Waals surface area contributed by atoms with Gasteiger partial charge in [-0.3, -0.25) is 4.79 Å². The van der Waals surface area contributed by atoms with Gasteiger partial charge in [-0.2, -0.15) is 0 Å². The highest BCUT2D eigenvalue weighted by Gasteiger charge is 2.31. The number of aryl methyl sites for hydroxylation is 1. The Morgan fingerprint density at radius 2 is 2.18 bits per heavy atom. The Kier molecular flexibility index (Phi) is 2.95. The Hall–Kier alpha value is -1.36. The van der Waals surface area contributed by atoms with Crippen LogP contribution in [0.2, 0.25) is 0 Å². The fraction of sp³-hybridized carbons (Fsp3) is 0.417. The van der Waals surface area contributed by atoms with E-state index in [4.69, 9.17) is 5.11 Å². The third-order valence-corrected chi connectivity index (χ3v) is 5.02. The summed E-state index contributed by atoms with van der Waals surface area (Å²) in [4.78, 5) is 10.9. The van der Waals surface area contributed by atoms with E-state index in [1.54, 1.807) is 12.1 Å². The molecule has 1 aliphatic heterocycles. The van der Waals surface area contributed by atoms with E-state index in [9.17, 15) is 13.2 Å². The monoisotopic (exact) mass is 254 g/mol. The number of fused-ring (bicyclic) bond motifs is 1. The smallest absolute Gasteiger partial charge is 0.303 e. The summed E-state index contributed by atoms with van der Waals surface area (Å²) in [6.07, 6.45) is 0.509. The Bertz CT molecular complexity index is 560. The van der Waals surface area contributed by atoms with Crippen LogP contribution >= 0.6 is 0 Å². The van der Waals surface area contributed by atoms with Crippen molar-refractivity contribution in [3.05, 3.63) is 29.3 Å². The number of benzene rings is 1. The molecule has 0 fully saturated rings. The molecule has 1 N–H and O–H groups in total. The highest BCUT2D eigenvalue weighted by molar-refractivity contribution is 7.91. The Balaban J connectivity index is 2.32. The third kappa shape index (κ3) is 2.34. The predicted octanol–water partition coefficient (Wildman–Crippen LogP) is 1.59. The van der Waals surface area contributed by atoms with E-state index in [0.717, 1.165) is 11.1 Å². The molecule has 1 heterocycles. The van der Waals surface area contributed by atoms with Gasteiger partial charge in [-0.05, 0) is 29.5 Å². The maximum Gasteiger partial charge on any atom is 0.303 e. The number of rotatable bonds is 3. The van der Waals surface area contributed by atoms with Gasteiger partial charge in [0.1, 0.15) is 0 Å². The summed E-state index contributed by atoms with van der Waals surface area (Å²) in [5.74, 6) is -0.684. The molecular formula is C12H14O4S. The minimum absolute atomic E-state index is 0.000205. The van der Waals surface area contributed by atoms with Crippen molar-refractivity contribution < 1.29 is 18.3 Å². The minimum Gasteiger partial charge on any atom is -0.481 e. The molecule has 92 valence electrons. The molecular weight excluding hydrogens is 240 g/mol. The molecule has 0 saturated carbocycles. The number of carboxylic acid groups (broad SMARTS) is 1. The zero-order chi connectivity index (χ0) is 12.6. The van der Waals surface area contributed by atoms with Crippen molar-refractivity contribution in [2.24, 2.45) is 0 Å². The highest BCUT2D eigenvalue weighted by atomic mass is 32.2. The Morgan fingerprint density at radius 3 is 2.82 bits per heavy atom. The van der Waals surface area contributed by atoms with E-state index >= 15 is 0 Å². The first-order valence-corrected chi connectivity index (χ1v) is 7.13. The molecule has 0 aromatic heterocycles. The summed E-state index contributed by atoms with van der Waals surface area (Å²) in [7, 11) is -3.12. The quantitative estimate of drug-likeness (QED) is 0.889. The van der Waals surface area contributed by atoms with Crippen molar-refractivity contribution in [3.8, 4) is 0 Å². The molecule has 2 rings (SSSR count). The second kappa shape index (κ2) is 4.14. The van der Waals surface area contributed by atoms with E-state index in [0.29, 0.717) is 11.3 Å². The maximum absolute atomic E-state index is 11.7. The number of carboxylic acids is 1. The van der Waals surface area contributed by atoms with Gasteiger partial charge in [0.15, 0.2) is 9.84 Å². The van der Waals surface area contributed by atoms with Gasteiger partial charge in [0.05, 0.1) is 10.6 Å². The van der Waals surface area contributed by atoms with E-state index in [2.05, 4.69) is 0 Å². The van der Waals surface area contributed by atoms with Crippen LogP contribution < -0.4 is 0 Å². The summed E-state index contributed by atoms with van der Waals surface area (Å²) in [5.41, 5.74) is 1.71. The summed E-state index contributed by atoms with van der Waals surface area (Å²) >= 11 is 0. The van der Waals surface area contributed by atoms with Gasteiger partial charge >= 0.3 is 5.97 Å². The van der Waals surface area contributed by atoms with Crippen molar-refractivity contribution in [3.63, 3.8) is 0 Å². The minimum atomic E-state index is -3.12. The average Bonchev–Trinajstić information content (AvgIpc) is 2.46. The molecule has 0 amide bonds. The predicted molar refractivity (Wildman–Crippen MR) is 62.9 cm³/mol. The lowest BCUT2D eigenvalue weighted by atomic mass is 9.99. The lowest BCUT2D eigenvalue weighted by molar-refractivity contribution is -0.136. The third-order valence-electron chi connectivity index (χ3n) is 3.04. The van der Waals surface area contributed by atoms with E-state index in [1.807, 2.05) is 13.0 Å². The largest absolute Gasteiger partial charge is 0.481 e. The van der Waals surface area contributed by atoms with Crippen molar-refractivity contribution in [1.29, 1.82) is 0 Å². The summed E-state index contributed by atoms with van der Waals surface area (Å²) in [5, 5.41) is 8.61. The number of aliphatic carboxylic acids is 1. The molecule has 1 atom stereocenters. The highest BCUT2D eigenvalue weighted by Crippen LogP contribution is 2.35. The molecule has 5 heteroatoms. The van der Waals surface area contributed by atoms with Crippen molar-refractivity contribution >= 4 is 15.8 Å². The van der Waals surface area contributed by atoms with E-state index in [1.165, 1.54) is 0 Å². The van der Waals surface area contributed by atoms with Crippen molar-refractivity contribution in [1.82, 2.24) is 0 Å². The van der Waals surface area contributed by atoms with E-state index in [-0.39, 0.29) is 18.1 Å². The van der Waals surface area contributed by atoms with Gasteiger partial charge < -0.3 is 5.11 Å². The lowest BCUT2D eigenvalue weighted by Gasteiger charge is -2.05. The molecule has 1 aliphatic rings. The fourth-order valence-corrected chi connectivity index (χ4v) is 4.09. The van der Waals surface area contributed by atoms with Crippen LogP contribution in [0.25, 0.3) is 0 Å². The Labute approximate surface area is 100 Å². The van der Waals surface area contributed by atoms with E-state index < -0.39 is 15.8 Å². The summed E-state index contributed by atoms with van der Waals surface area (Å²) in [6, 6.07) is 5.14. The van der Waals surface area contributed by atoms with Gasteiger partial charge in [0.25, 0.3) is 0 Å². The molecule has 0 saturated heterocycles. The zero-order valence-electron chi connectivity index (χ0n) is 9.51. The average molecular weight is 254 g/mol.